The average Bonchev–Trinajstić information content (AvgIpc) is 2.24. The minimum Gasteiger partial charge on any atom is -0.358 e. The standard InChI is InChI=1S/C10H5Cl2FN2/c11-7-2-1-6-8(12)5(3-14)4-15-10(6)9(7)13/h1-2,4,8,15H. The summed E-state index contributed by atoms with van der Waals surface area (Å²) in [6.07, 6.45) is 1.39. The minimum absolute atomic E-state index is 0.0268. The van der Waals surface area contributed by atoms with Crippen molar-refractivity contribution >= 4 is 28.9 Å². The molecule has 1 aromatic rings. The fourth-order valence-corrected chi connectivity index (χ4v) is 1.85. The number of halogens is 3. The molecule has 0 spiro atoms. The van der Waals surface area contributed by atoms with Gasteiger partial charge in [0.25, 0.3) is 0 Å². The average molecular weight is 243 g/mol. The number of rotatable bonds is 0. The van der Waals surface area contributed by atoms with Crippen LogP contribution in [0.1, 0.15) is 10.9 Å². The first kappa shape index (κ1) is 10.3. The van der Waals surface area contributed by atoms with Crippen molar-refractivity contribution in [2.45, 2.75) is 5.38 Å². The Bertz CT molecular complexity index is 491. The van der Waals surface area contributed by atoms with Crippen molar-refractivity contribution in [3.8, 4) is 6.07 Å². The summed E-state index contributed by atoms with van der Waals surface area (Å²) in [5.74, 6) is -0.548. The Labute approximate surface area is 95.9 Å². The van der Waals surface area contributed by atoms with Gasteiger partial charge in [0.15, 0.2) is 5.82 Å². The largest absolute Gasteiger partial charge is 0.358 e. The fraction of sp³-hybridized carbons (Fsp3) is 0.100. The zero-order valence-electron chi connectivity index (χ0n) is 7.39. The number of nitriles is 1. The Morgan fingerprint density at radius 3 is 2.87 bits per heavy atom. The van der Waals surface area contributed by atoms with E-state index in [0.29, 0.717) is 11.1 Å². The van der Waals surface area contributed by atoms with Crippen LogP contribution < -0.4 is 5.32 Å². The molecule has 0 aromatic heterocycles. The molecule has 0 saturated heterocycles. The third-order valence-electron chi connectivity index (χ3n) is 2.17. The van der Waals surface area contributed by atoms with Crippen molar-refractivity contribution < 1.29 is 4.39 Å². The molecule has 76 valence electrons. The third kappa shape index (κ3) is 1.56. The Hall–Kier alpha value is -1.24. The molecule has 0 radical (unpaired) electrons. The Morgan fingerprint density at radius 1 is 1.47 bits per heavy atom. The van der Waals surface area contributed by atoms with E-state index in [1.807, 2.05) is 6.07 Å². The smallest absolute Gasteiger partial charge is 0.165 e. The molecule has 0 saturated carbocycles. The molecule has 1 N–H and O–H groups in total. The van der Waals surface area contributed by atoms with Crippen molar-refractivity contribution in [2.75, 3.05) is 5.32 Å². The lowest BCUT2D eigenvalue weighted by Crippen LogP contribution is -2.09. The quantitative estimate of drug-likeness (QED) is 0.706. The van der Waals surface area contributed by atoms with Gasteiger partial charge in [-0.3, -0.25) is 0 Å². The number of nitrogens with zero attached hydrogens (tertiary/aromatic N) is 1. The van der Waals surface area contributed by atoms with E-state index in [2.05, 4.69) is 5.32 Å². The number of nitrogens with one attached hydrogen (secondary N) is 1. The first-order chi connectivity index (χ1) is 7.15. The highest BCUT2D eigenvalue weighted by molar-refractivity contribution is 6.31. The maximum atomic E-state index is 13.5. The number of hydrogen-bond acceptors (Lipinski definition) is 2. The zero-order chi connectivity index (χ0) is 11.0. The number of benzene rings is 1. The molecule has 5 heteroatoms. The highest BCUT2D eigenvalue weighted by atomic mass is 35.5. The van der Waals surface area contributed by atoms with E-state index in [1.165, 1.54) is 12.3 Å². The number of hydrogen-bond donors (Lipinski definition) is 1. The summed E-state index contributed by atoms with van der Waals surface area (Å²) in [4.78, 5) is 0. The van der Waals surface area contributed by atoms with Crippen LogP contribution in [0.15, 0.2) is 23.9 Å². The lowest BCUT2D eigenvalue weighted by atomic mass is 10.0. The number of anilines is 1. The maximum absolute atomic E-state index is 13.5. The predicted octanol–water partition coefficient (Wildman–Crippen LogP) is 3.59. The Morgan fingerprint density at radius 2 is 2.20 bits per heavy atom. The van der Waals surface area contributed by atoms with Crippen LogP contribution in [0, 0.1) is 17.1 Å². The maximum Gasteiger partial charge on any atom is 0.165 e. The van der Waals surface area contributed by atoms with E-state index >= 15 is 0 Å². The molecule has 15 heavy (non-hydrogen) atoms. The number of allylic oxidation sites excluding steroid dienone is 1. The summed E-state index contributed by atoms with van der Waals surface area (Å²) >= 11 is 11.6. The van der Waals surface area contributed by atoms with Crippen LogP contribution in [-0.4, -0.2) is 0 Å². The molecule has 0 amide bonds. The molecule has 0 fully saturated rings. The number of alkyl halides is 1. The van der Waals surface area contributed by atoms with Crippen LogP contribution in [0.2, 0.25) is 5.02 Å². The van der Waals surface area contributed by atoms with Crippen molar-refractivity contribution in [2.24, 2.45) is 0 Å². The van der Waals surface area contributed by atoms with Gasteiger partial charge in [-0.05, 0) is 6.07 Å². The minimum atomic E-state index is -0.627. The number of fused-ring (bicyclic) bond motifs is 1. The zero-order valence-corrected chi connectivity index (χ0v) is 8.90. The van der Waals surface area contributed by atoms with Gasteiger partial charge in [0.05, 0.1) is 27.7 Å². The molecule has 1 heterocycles. The van der Waals surface area contributed by atoms with Crippen LogP contribution in [-0.2, 0) is 0 Å². The molecular weight excluding hydrogens is 238 g/mol. The molecule has 1 atom stereocenters. The van der Waals surface area contributed by atoms with E-state index in [1.54, 1.807) is 6.07 Å². The second-order valence-electron chi connectivity index (χ2n) is 3.04. The van der Waals surface area contributed by atoms with E-state index in [-0.39, 0.29) is 10.7 Å². The van der Waals surface area contributed by atoms with Crippen molar-refractivity contribution in [1.82, 2.24) is 0 Å². The fourth-order valence-electron chi connectivity index (χ4n) is 1.40. The van der Waals surface area contributed by atoms with Crippen LogP contribution in [0.4, 0.5) is 10.1 Å². The van der Waals surface area contributed by atoms with E-state index < -0.39 is 11.2 Å². The molecule has 1 aliphatic heterocycles. The van der Waals surface area contributed by atoms with Gasteiger partial charge in [-0.25, -0.2) is 4.39 Å². The molecule has 1 unspecified atom stereocenters. The molecule has 1 aromatic carbocycles. The van der Waals surface area contributed by atoms with Gasteiger partial charge in [0, 0.05) is 11.8 Å². The van der Waals surface area contributed by atoms with Gasteiger partial charge in [0.2, 0.25) is 0 Å². The molecule has 2 nitrogen and oxygen atoms in total. The predicted molar refractivity (Wildman–Crippen MR) is 57.3 cm³/mol. The lowest BCUT2D eigenvalue weighted by Gasteiger charge is -2.20. The van der Waals surface area contributed by atoms with Gasteiger partial charge in [-0.2, -0.15) is 5.26 Å². The van der Waals surface area contributed by atoms with Gasteiger partial charge in [-0.15, -0.1) is 11.6 Å². The lowest BCUT2D eigenvalue weighted by molar-refractivity contribution is 0.629. The van der Waals surface area contributed by atoms with Crippen LogP contribution in [0.5, 0.6) is 0 Å². The topological polar surface area (TPSA) is 35.8 Å². The summed E-state index contributed by atoms with van der Waals surface area (Å²) in [7, 11) is 0. The van der Waals surface area contributed by atoms with E-state index in [0.717, 1.165) is 0 Å². The third-order valence-corrected chi connectivity index (χ3v) is 2.94. The first-order valence-corrected chi connectivity index (χ1v) is 4.95. The SMILES string of the molecule is N#CC1=CNc2c(ccc(Cl)c2F)C1Cl. The first-order valence-electron chi connectivity index (χ1n) is 4.14. The van der Waals surface area contributed by atoms with Gasteiger partial charge in [0.1, 0.15) is 0 Å². The summed E-state index contributed by atoms with van der Waals surface area (Å²) in [5.41, 5.74) is 1.12. The Kier molecular flexibility index (Phi) is 2.56. The van der Waals surface area contributed by atoms with Crippen LogP contribution in [0.3, 0.4) is 0 Å². The van der Waals surface area contributed by atoms with Gasteiger partial charge in [-0.1, -0.05) is 17.7 Å². The van der Waals surface area contributed by atoms with E-state index in [4.69, 9.17) is 28.5 Å². The van der Waals surface area contributed by atoms with Crippen molar-refractivity contribution in [1.29, 1.82) is 5.26 Å². The monoisotopic (exact) mass is 242 g/mol. The molecule has 1 aliphatic rings. The highest BCUT2D eigenvalue weighted by Crippen LogP contribution is 2.40. The summed E-state index contributed by atoms with van der Waals surface area (Å²) in [6.45, 7) is 0. The molecule has 2 rings (SSSR count). The molecular formula is C10H5Cl2FN2. The highest BCUT2D eigenvalue weighted by Gasteiger charge is 2.24. The second-order valence-corrected chi connectivity index (χ2v) is 3.89. The van der Waals surface area contributed by atoms with Crippen LogP contribution in [0.25, 0.3) is 0 Å². The Balaban J connectivity index is 2.58. The molecule has 0 bridgehead atoms. The second kappa shape index (κ2) is 3.73. The van der Waals surface area contributed by atoms with Crippen molar-refractivity contribution in [3.05, 3.63) is 40.3 Å². The summed E-state index contributed by atoms with van der Waals surface area (Å²) in [6, 6.07) is 4.97. The van der Waals surface area contributed by atoms with Gasteiger partial charge >= 0.3 is 0 Å². The molecule has 0 aliphatic carbocycles. The normalized spacial score (nSPS) is 18.5. The van der Waals surface area contributed by atoms with Crippen LogP contribution >= 0.6 is 23.2 Å². The van der Waals surface area contributed by atoms with Crippen molar-refractivity contribution in [3.63, 3.8) is 0 Å². The summed E-state index contributed by atoms with van der Waals surface area (Å²) < 4.78 is 13.5. The van der Waals surface area contributed by atoms with E-state index in [9.17, 15) is 4.39 Å². The van der Waals surface area contributed by atoms with Gasteiger partial charge < -0.3 is 5.32 Å². The summed E-state index contributed by atoms with van der Waals surface area (Å²) in [5, 5.41) is 10.8.